The Morgan fingerprint density at radius 1 is 0.867 bits per heavy atom. The van der Waals surface area contributed by atoms with Gasteiger partial charge in [0.2, 0.25) is 0 Å². The van der Waals surface area contributed by atoms with E-state index in [1.165, 1.54) is 13.3 Å². The summed E-state index contributed by atoms with van der Waals surface area (Å²) in [7, 11) is -6.94. The zero-order valence-corrected chi connectivity index (χ0v) is 13.0. The molecule has 0 atom stereocenters. The van der Waals surface area contributed by atoms with Crippen molar-refractivity contribution >= 4 is 24.3 Å². The van der Waals surface area contributed by atoms with E-state index in [-0.39, 0.29) is 0 Å². The lowest BCUT2D eigenvalue weighted by Crippen LogP contribution is -1.86. The molecule has 0 aromatic rings. The predicted octanol–water partition coefficient (Wildman–Crippen LogP) is 1.42. The molecule has 0 aromatic heterocycles. The van der Waals surface area contributed by atoms with Gasteiger partial charge in [0.15, 0.2) is 7.37 Å². The van der Waals surface area contributed by atoms with Gasteiger partial charge >= 0.3 is 0 Å². The predicted molar refractivity (Wildman–Crippen MR) is 67.8 cm³/mol. The van der Waals surface area contributed by atoms with Gasteiger partial charge in [-0.15, -0.1) is 0 Å². The van der Waals surface area contributed by atoms with E-state index in [2.05, 4.69) is 0 Å². The molecule has 0 saturated carbocycles. The molecule has 8 heteroatoms. The Labute approximate surface area is 93.0 Å². The fraction of sp³-hybridized carbons (Fsp3) is 1.00. The minimum Gasteiger partial charge on any atom is -0.345 e. The molecule has 0 aromatic carbocycles. The van der Waals surface area contributed by atoms with Crippen LogP contribution in [0.4, 0.5) is 0 Å². The highest BCUT2D eigenvalue weighted by Crippen LogP contribution is 2.28. The number of hydrogen-bond acceptors (Lipinski definition) is 4. The summed E-state index contributed by atoms with van der Waals surface area (Å²) < 4.78 is 39.2. The van der Waals surface area contributed by atoms with Crippen LogP contribution in [-0.4, -0.2) is 59.1 Å². The van der Waals surface area contributed by atoms with Gasteiger partial charge in [-0.25, -0.2) is 8.42 Å². The first-order valence-electron chi connectivity index (χ1n) is 3.95. The van der Waals surface area contributed by atoms with Gasteiger partial charge in [0.25, 0.3) is 0 Å². The van der Waals surface area contributed by atoms with Crippen molar-refractivity contribution < 1.29 is 22.4 Å². The van der Waals surface area contributed by atoms with Crippen LogP contribution in [0.1, 0.15) is 0 Å². The first-order chi connectivity index (χ1) is 6.00. The standard InChI is InChI=1S/C3H9OP.C2H7O2P.C2H6O2S/c3*1-5(2,3)4/h1-3H3;1-2H3,(H,3,4);1-2H3. The van der Waals surface area contributed by atoms with Crippen LogP contribution in [0.3, 0.4) is 0 Å². The van der Waals surface area contributed by atoms with Crippen LogP contribution in [0.2, 0.25) is 0 Å². The second-order valence-corrected chi connectivity index (χ2v) is 13.0. The fourth-order valence-electron chi connectivity index (χ4n) is 0. The lowest BCUT2D eigenvalue weighted by molar-refractivity contribution is 0.492. The summed E-state index contributed by atoms with van der Waals surface area (Å²) in [5.74, 6) is 0. The molecule has 0 rings (SSSR count). The molecule has 15 heavy (non-hydrogen) atoms. The van der Waals surface area contributed by atoms with E-state index < -0.39 is 24.3 Å². The third kappa shape index (κ3) is 16100. The normalized spacial score (nSPS) is 11.7. The zero-order chi connectivity index (χ0) is 13.5. The van der Waals surface area contributed by atoms with Gasteiger partial charge in [0.05, 0.1) is 7.14 Å². The second kappa shape index (κ2) is 7.61. The lowest BCUT2D eigenvalue weighted by atomic mass is 11.9. The van der Waals surface area contributed by atoms with Gasteiger partial charge in [0.1, 0.15) is 9.84 Å². The highest BCUT2D eigenvalue weighted by atomic mass is 32.2. The van der Waals surface area contributed by atoms with Gasteiger partial charge in [-0.3, -0.25) is 4.57 Å². The average Bonchev–Trinajstić information content (AvgIpc) is 1.41. The van der Waals surface area contributed by atoms with Crippen LogP contribution in [0.25, 0.3) is 0 Å². The molecule has 0 spiro atoms. The lowest BCUT2D eigenvalue weighted by Gasteiger charge is -1.86. The number of sulfone groups is 1. The maximum atomic E-state index is 10.2. The van der Waals surface area contributed by atoms with Crippen molar-refractivity contribution in [3.8, 4) is 0 Å². The van der Waals surface area contributed by atoms with Crippen LogP contribution < -0.4 is 0 Å². The Morgan fingerprint density at radius 3 is 0.867 bits per heavy atom. The molecule has 0 amide bonds. The summed E-state index contributed by atoms with van der Waals surface area (Å²) in [5.41, 5.74) is 0. The summed E-state index contributed by atoms with van der Waals surface area (Å²) in [4.78, 5) is 8.08. The summed E-state index contributed by atoms with van der Waals surface area (Å²) in [6.07, 6.45) is 2.32. The Balaban J connectivity index is -0.000000144. The van der Waals surface area contributed by atoms with E-state index >= 15 is 0 Å². The third-order valence-electron chi connectivity index (χ3n) is 0. The molecule has 96 valence electrons. The van der Waals surface area contributed by atoms with Crippen LogP contribution in [0, 0.1) is 0 Å². The minimum atomic E-state index is -2.67. The summed E-state index contributed by atoms with van der Waals surface area (Å²) in [6, 6.07) is 0. The van der Waals surface area contributed by atoms with Gasteiger partial charge in [-0.05, 0) is 20.0 Å². The molecule has 0 saturated heterocycles. The van der Waals surface area contributed by atoms with Gasteiger partial charge in [0, 0.05) is 25.8 Å². The fourth-order valence-corrected chi connectivity index (χ4v) is 0. The first-order valence-corrected chi connectivity index (χ1v) is 11.9. The quantitative estimate of drug-likeness (QED) is 0.678. The van der Waals surface area contributed by atoms with Crippen molar-refractivity contribution in [1.29, 1.82) is 0 Å². The van der Waals surface area contributed by atoms with E-state index in [9.17, 15) is 17.5 Å². The molecule has 1 N–H and O–H groups in total. The molecular formula is C7H22O5P2S. The number of rotatable bonds is 0. The highest BCUT2D eigenvalue weighted by Gasteiger charge is 1.92. The van der Waals surface area contributed by atoms with Gasteiger partial charge in [-0.2, -0.15) is 0 Å². The van der Waals surface area contributed by atoms with Crippen LogP contribution in [-0.2, 0) is 19.0 Å². The maximum absolute atomic E-state index is 10.2. The monoisotopic (exact) mass is 280 g/mol. The topological polar surface area (TPSA) is 88.5 Å². The summed E-state index contributed by atoms with van der Waals surface area (Å²) in [5, 5.41) is 0. The van der Waals surface area contributed by atoms with Crippen molar-refractivity contribution in [2.45, 2.75) is 0 Å². The maximum Gasteiger partial charge on any atom is 0.194 e. The third-order valence-corrected chi connectivity index (χ3v) is 0. The van der Waals surface area contributed by atoms with Gasteiger partial charge in [-0.1, -0.05) is 0 Å². The van der Waals surface area contributed by atoms with Crippen molar-refractivity contribution in [3.63, 3.8) is 0 Å². The molecule has 0 bridgehead atoms. The smallest absolute Gasteiger partial charge is 0.194 e. The van der Waals surface area contributed by atoms with E-state index in [0.29, 0.717) is 0 Å². The molecule has 0 aliphatic carbocycles. The zero-order valence-electron chi connectivity index (χ0n) is 10.4. The van der Waals surface area contributed by atoms with Crippen LogP contribution in [0.15, 0.2) is 0 Å². The van der Waals surface area contributed by atoms with Crippen molar-refractivity contribution in [3.05, 3.63) is 0 Å². The molecule has 0 heterocycles. The highest BCUT2D eigenvalue weighted by molar-refractivity contribution is 7.89. The molecule has 5 nitrogen and oxygen atoms in total. The summed E-state index contributed by atoms with van der Waals surface area (Å²) >= 11 is 0. The minimum absolute atomic E-state index is 1.16. The van der Waals surface area contributed by atoms with Crippen molar-refractivity contribution in [2.24, 2.45) is 0 Å². The van der Waals surface area contributed by atoms with E-state index in [1.54, 1.807) is 20.0 Å². The Bertz CT molecular complexity index is 290. The Kier molecular flexibility index (Phi) is 10.5. The first kappa shape index (κ1) is 20.7. The van der Waals surface area contributed by atoms with Gasteiger partial charge < -0.3 is 9.46 Å². The van der Waals surface area contributed by atoms with E-state index in [1.807, 2.05) is 0 Å². The largest absolute Gasteiger partial charge is 0.345 e. The van der Waals surface area contributed by atoms with Crippen molar-refractivity contribution in [2.75, 3.05) is 45.8 Å². The number of hydrogen-bond donors (Lipinski definition) is 1. The molecule has 0 aliphatic heterocycles. The average molecular weight is 280 g/mol. The van der Waals surface area contributed by atoms with Crippen LogP contribution >= 0.6 is 14.5 Å². The molecule has 0 unspecified atom stereocenters. The molecular weight excluding hydrogens is 258 g/mol. The van der Waals surface area contributed by atoms with Crippen molar-refractivity contribution in [1.82, 2.24) is 0 Å². The van der Waals surface area contributed by atoms with E-state index in [4.69, 9.17) is 4.89 Å². The Hall–Kier alpha value is 0.370. The molecule has 0 aliphatic rings. The van der Waals surface area contributed by atoms with Crippen LogP contribution in [0.5, 0.6) is 0 Å². The van der Waals surface area contributed by atoms with E-state index in [0.717, 1.165) is 12.5 Å². The molecule has 0 radical (unpaired) electrons. The Morgan fingerprint density at radius 2 is 0.867 bits per heavy atom. The molecule has 0 fully saturated rings. The second-order valence-electron chi connectivity index (χ2n) is 4.33. The SMILES string of the molecule is CP(C)(=O)O.CP(C)(C)=O.CS(C)(=O)=O. The summed E-state index contributed by atoms with van der Waals surface area (Å²) in [6.45, 7) is 7.83.